The maximum absolute atomic E-state index is 10.8. The Hall–Kier alpha value is -0.760. The number of aliphatic hydroxyl groups excluding tert-OH is 1. The molecule has 0 amide bonds. The number of allylic oxidation sites excluding steroid dienone is 1. The van der Waals surface area contributed by atoms with Crippen LogP contribution in [0.1, 0.15) is 40.5 Å². The minimum absolute atomic E-state index is 0.0881. The van der Waals surface area contributed by atoms with Gasteiger partial charge in [-0.15, -0.1) is 6.58 Å². The molecule has 1 aliphatic carbocycles. The number of hydrogen-bond acceptors (Lipinski definition) is 6. The Balaban J connectivity index is 1.73. The molecule has 1 N–H and O–H groups in total. The lowest BCUT2D eigenvalue weighted by molar-refractivity contribution is -0.239. The summed E-state index contributed by atoms with van der Waals surface area (Å²) in [6, 6.07) is 0. The van der Waals surface area contributed by atoms with Gasteiger partial charge in [0, 0.05) is 5.92 Å². The van der Waals surface area contributed by atoms with Gasteiger partial charge < -0.3 is 28.8 Å². The van der Waals surface area contributed by atoms with Crippen molar-refractivity contribution in [1.29, 1.82) is 0 Å². The first kappa shape index (κ1) is 18.6. The number of rotatable bonds is 3. The Morgan fingerprint density at radius 3 is 2.46 bits per heavy atom. The third-order valence-electron chi connectivity index (χ3n) is 6.08. The van der Waals surface area contributed by atoms with Gasteiger partial charge >= 0.3 is 0 Å². The van der Waals surface area contributed by atoms with Crippen molar-refractivity contribution in [2.45, 2.75) is 82.8 Å². The second kappa shape index (κ2) is 6.12. The van der Waals surface area contributed by atoms with Crippen molar-refractivity contribution < 1.29 is 28.8 Å². The molecule has 0 spiro atoms. The maximum atomic E-state index is 10.8. The lowest BCUT2D eigenvalue weighted by atomic mass is 9.62. The molecule has 26 heavy (non-hydrogen) atoms. The van der Waals surface area contributed by atoms with Crippen LogP contribution in [-0.4, -0.2) is 54.0 Å². The quantitative estimate of drug-likeness (QED) is 0.774. The minimum Gasteiger partial charge on any atom is -0.389 e. The van der Waals surface area contributed by atoms with Gasteiger partial charge in [-0.05, 0) is 40.5 Å². The average Bonchev–Trinajstić information content (AvgIpc) is 3.16. The molecular weight excluding hydrogens is 336 g/mol. The fourth-order valence-corrected chi connectivity index (χ4v) is 5.03. The van der Waals surface area contributed by atoms with E-state index in [1.165, 1.54) is 0 Å². The van der Waals surface area contributed by atoms with Gasteiger partial charge in [-0.3, -0.25) is 0 Å². The zero-order chi connectivity index (χ0) is 18.7. The van der Waals surface area contributed by atoms with E-state index in [1.54, 1.807) is 0 Å². The van der Waals surface area contributed by atoms with Gasteiger partial charge in [-0.25, -0.2) is 0 Å². The van der Waals surface area contributed by atoms with Crippen molar-refractivity contribution in [3.05, 3.63) is 24.8 Å². The van der Waals surface area contributed by atoms with Gasteiger partial charge in [0.1, 0.15) is 18.3 Å². The monoisotopic (exact) mass is 366 g/mol. The van der Waals surface area contributed by atoms with E-state index in [4.69, 9.17) is 23.7 Å². The summed E-state index contributed by atoms with van der Waals surface area (Å²) in [5, 5.41) is 10.8. The summed E-state index contributed by atoms with van der Waals surface area (Å²) in [6.45, 7) is 12.1. The molecule has 0 aromatic carbocycles. The molecule has 3 heterocycles. The van der Waals surface area contributed by atoms with E-state index in [0.717, 1.165) is 12.8 Å². The highest BCUT2D eigenvalue weighted by Crippen LogP contribution is 2.57. The summed E-state index contributed by atoms with van der Waals surface area (Å²) in [4.78, 5) is 0. The molecule has 1 unspecified atom stereocenters. The zero-order valence-corrected chi connectivity index (χ0v) is 16.0. The Kier molecular flexibility index (Phi) is 4.38. The molecule has 0 saturated carbocycles. The fourth-order valence-electron chi connectivity index (χ4n) is 5.03. The predicted molar refractivity (Wildman–Crippen MR) is 94.1 cm³/mol. The fraction of sp³-hybridized carbons (Fsp3) is 0.800. The van der Waals surface area contributed by atoms with Crippen molar-refractivity contribution in [3.8, 4) is 0 Å². The lowest BCUT2D eigenvalue weighted by Gasteiger charge is -2.45. The Morgan fingerprint density at radius 2 is 1.85 bits per heavy atom. The Bertz CT molecular complexity index is 599. The topological polar surface area (TPSA) is 66.4 Å². The molecule has 0 aromatic rings. The summed E-state index contributed by atoms with van der Waals surface area (Å²) in [5.74, 6) is -1.49. The van der Waals surface area contributed by atoms with Gasteiger partial charge in [-0.2, -0.15) is 0 Å². The normalized spacial score (nSPS) is 49.3. The summed E-state index contributed by atoms with van der Waals surface area (Å²) in [6.07, 6.45) is 5.42. The van der Waals surface area contributed by atoms with Crippen molar-refractivity contribution in [1.82, 2.24) is 0 Å². The van der Waals surface area contributed by atoms with Crippen molar-refractivity contribution in [2.24, 2.45) is 11.3 Å². The standard InChI is InChI=1S/C20H30O6/c1-6-20(12-9-7-8-10-13(12)21)15(14-11-22-18(2,3)24-14)23-17-16(20)25-19(4,5)26-17/h6,8,10,12-17,21H,1,7,9,11H2,2-5H3/t12-,13-,14?,15-,16+,17-,20+/m1/s1. The first-order valence-corrected chi connectivity index (χ1v) is 9.50. The van der Waals surface area contributed by atoms with E-state index in [2.05, 4.69) is 6.58 Å². The SMILES string of the molecule is C=C[C@]1([C@@H]2CCC=C[C@H]2O)[C@@H](C2COC(C)(C)O2)O[C@@H]2OC(C)(C)O[C@@H]21. The predicted octanol–water partition coefficient (Wildman–Crippen LogP) is 2.51. The molecule has 0 radical (unpaired) electrons. The van der Waals surface area contributed by atoms with Gasteiger partial charge in [-0.1, -0.05) is 18.2 Å². The van der Waals surface area contributed by atoms with Crippen LogP contribution in [0.4, 0.5) is 0 Å². The molecule has 6 heteroatoms. The highest BCUT2D eigenvalue weighted by molar-refractivity contribution is 5.21. The highest BCUT2D eigenvalue weighted by Gasteiger charge is 2.68. The van der Waals surface area contributed by atoms with Crippen LogP contribution in [0.2, 0.25) is 0 Å². The van der Waals surface area contributed by atoms with E-state index < -0.39 is 29.4 Å². The molecule has 146 valence electrons. The molecule has 3 aliphatic heterocycles. The summed E-state index contributed by atoms with van der Waals surface area (Å²) in [7, 11) is 0. The summed E-state index contributed by atoms with van der Waals surface area (Å²) < 4.78 is 30.5. The molecule has 0 bridgehead atoms. The van der Waals surface area contributed by atoms with Crippen LogP contribution in [0.5, 0.6) is 0 Å². The van der Waals surface area contributed by atoms with Crippen molar-refractivity contribution in [2.75, 3.05) is 6.61 Å². The zero-order valence-electron chi connectivity index (χ0n) is 16.0. The van der Waals surface area contributed by atoms with E-state index in [0.29, 0.717) is 6.61 Å². The third-order valence-corrected chi connectivity index (χ3v) is 6.08. The molecule has 0 aromatic heterocycles. The Morgan fingerprint density at radius 1 is 1.08 bits per heavy atom. The van der Waals surface area contributed by atoms with Crippen LogP contribution >= 0.6 is 0 Å². The van der Waals surface area contributed by atoms with Crippen LogP contribution < -0.4 is 0 Å². The van der Waals surface area contributed by atoms with Crippen LogP contribution in [0.15, 0.2) is 24.8 Å². The first-order valence-electron chi connectivity index (χ1n) is 9.50. The molecule has 4 aliphatic rings. The molecule has 6 nitrogen and oxygen atoms in total. The van der Waals surface area contributed by atoms with Gasteiger partial charge in [0.05, 0.1) is 18.1 Å². The van der Waals surface area contributed by atoms with E-state index >= 15 is 0 Å². The van der Waals surface area contributed by atoms with Crippen LogP contribution in [0, 0.1) is 11.3 Å². The summed E-state index contributed by atoms with van der Waals surface area (Å²) >= 11 is 0. The number of fused-ring (bicyclic) bond motifs is 1. The maximum Gasteiger partial charge on any atom is 0.188 e. The van der Waals surface area contributed by atoms with Crippen molar-refractivity contribution in [3.63, 3.8) is 0 Å². The smallest absolute Gasteiger partial charge is 0.188 e. The summed E-state index contributed by atoms with van der Waals surface area (Å²) in [5.41, 5.74) is -0.628. The second-order valence-electron chi connectivity index (χ2n) is 8.66. The number of hydrogen-bond donors (Lipinski definition) is 1. The van der Waals surface area contributed by atoms with E-state index in [1.807, 2.05) is 45.9 Å². The Labute approximate surface area is 155 Å². The second-order valence-corrected chi connectivity index (χ2v) is 8.66. The molecule has 3 saturated heterocycles. The molecule has 3 fully saturated rings. The van der Waals surface area contributed by atoms with Crippen LogP contribution in [-0.2, 0) is 23.7 Å². The van der Waals surface area contributed by atoms with Gasteiger partial charge in [0.2, 0.25) is 0 Å². The molecular formula is C20H30O6. The van der Waals surface area contributed by atoms with E-state index in [-0.39, 0.29) is 24.2 Å². The van der Waals surface area contributed by atoms with Gasteiger partial charge in [0.15, 0.2) is 17.9 Å². The largest absolute Gasteiger partial charge is 0.389 e. The van der Waals surface area contributed by atoms with Crippen molar-refractivity contribution >= 4 is 0 Å². The number of aliphatic hydroxyl groups is 1. The van der Waals surface area contributed by atoms with Crippen LogP contribution in [0.3, 0.4) is 0 Å². The first-order chi connectivity index (χ1) is 12.2. The molecule has 4 rings (SSSR count). The highest BCUT2D eigenvalue weighted by atomic mass is 16.8. The lowest BCUT2D eigenvalue weighted by Crippen LogP contribution is -2.54. The molecule has 7 atom stereocenters. The number of ether oxygens (including phenoxy) is 5. The van der Waals surface area contributed by atoms with E-state index in [9.17, 15) is 5.11 Å². The average molecular weight is 366 g/mol. The van der Waals surface area contributed by atoms with Crippen LogP contribution in [0.25, 0.3) is 0 Å². The van der Waals surface area contributed by atoms with Gasteiger partial charge in [0.25, 0.3) is 0 Å². The minimum atomic E-state index is -0.740. The third kappa shape index (κ3) is 2.79.